The molecule has 35 heavy (non-hydrogen) atoms. The zero-order valence-electron chi connectivity index (χ0n) is 19.9. The first-order valence-electron chi connectivity index (χ1n) is 11.6. The van der Waals surface area contributed by atoms with Gasteiger partial charge in [-0.2, -0.15) is 0 Å². The van der Waals surface area contributed by atoms with Crippen LogP contribution in [0.5, 0.6) is 0 Å². The first-order valence-corrected chi connectivity index (χ1v) is 12.5. The fourth-order valence-corrected chi connectivity index (χ4v) is 4.75. The molecule has 3 heterocycles. The van der Waals surface area contributed by atoms with Gasteiger partial charge in [0.25, 0.3) is 5.91 Å². The summed E-state index contributed by atoms with van der Waals surface area (Å²) < 4.78 is 0. The lowest BCUT2D eigenvalue weighted by Gasteiger charge is -2.34. The van der Waals surface area contributed by atoms with E-state index in [2.05, 4.69) is 37.4 Å². The normalized spacial score (nSPS) is 14.1. The molecule has 1 saturated heterocycles. The SMILES string of the molecule is Cc1ccc(NC(=O)c2ccc(N3CCN(C)CC3)cc2)cc1Nc1nc(-c2cccnc2)cs1. The van der Waals surface area contributed by atoms with E-state index in [-0.39, 0.29) is 5.91 Å². The molecule has 2 aromatic carbocycles. The number of pyridine rings is 1. The second-order valence-electron chi connectivity index (χ2n) is 8.73. The molecule has 0 radical (unpaired) electrons. The molecule has 8 heteroatoms. The van der Waals surface area contributed by atoms with Gasteiger partial charge in [0.2, 0.25) is 0 Å². The molecule has 0 aliphatic carbocycles. The Hall–Kier alpha value is -3.75. The van der Waals surface area contributed by atoms with E-state index >= 15 is 0 Å². The Morgan fingerprint density at radius 2 is 1.83 bits per heavy atom. The lowest BCUT2D eigenvalue weighted by molar-refractivity contribution is 0.102. The molecule has 0 spiro atoms. The Labute approximate surface area is 209 Å². The minimum Gasteiger partial charge on any atom is -0.369 e. The largest absolute Gasteiger partial charge is 0.369 e. The molecule has 1 aliphatic rings. The van der Waals surface area contributed by atoms with Gasteiger partial charge in [-0.1, -0.05) is 6.07 Å². The highest BCUT2D eigenvalue weighted by Gasteiger charge is 2.15. The van der Waals surface area contributed by atoms with E-state index in [1.54, 1.807) is 12.4 Å². The Morgan fingerprint density at radius 3 is 2.57 bits per heavy atom. The molecule has 7 nitrogen and oxygen atoms in total. The van der Waals surface area contributed by atoms with E-state index in [0.717, 1.165) is 65.2 Å². The smallest absolute Gasteiger partial charge is 0.255 e. The molecule has 0 saturated carbocycles. The van der Waals surface area contributed by atoms with Crippen molar-refractivity contribution in [1.29, 1.82) is 0 Å². The van der Waals surface area contributed by atoms with Gasteiger partial charge >= 0.3 is 0 Å². The zero-order chi connectivity index (χ0) is 24.2. The maximum Gasteiger partial charge on any atom is 0.255 e. The summed E-state index contributed by atoms with van der Waals surface area (Å²) in [4.78, 5) is 26.4. The number of anilines is 4. The summed E-state index contributed by atoms with van der Waals surface area (Å²) in [6.45, 7) is 6.14. The lowest BCUT2D eigenvalue weighted by Crippen LogP contribution is -2.44. The van der Waals surface area contributed by atoms with Gasteiger partial charge in [-0.05, 0) is 68.1 Å². The summed E-state index contributed by atoms with van der Waals surface area (Å²) in [6, 6.07) is 17.6. The first-order chi connectivity index (χ1) is 17.0. The van der Waals surface area contributed by atoms with Crippen molar-refractivity contribution in [2.45, 2.75) is 6.92 Å². The number of nitrogens with zero attached hydrogens (tertiary/aromatic N) is 4. The number of benzene rings is 2. The van der Waals surface area contributed by atoms with Gasteiger partial charge in [0.15, 0.2) is 5.13 Å². The second kappa shape index (κ2) is 10.2. The Balaban J connectivity index is 1.25. The molecule has 2 N–H and O–H groups in total. The maximum atomic E-state index is 12.9. The van der Waals surface area contributed by atoms with Crippen molar-refractivity contribution < 1.29 is 4.79 Å². The number of carbonyl (C=O) groups is 1. The van der Waals surface area contributed by atoms with Crippen LogP contribution in [0.3, 0.4) is 0 Å². The van der Waals surface area contributed by atoms with Crippen molar-refractivity contribution in [1.82, 2.24) is 14.9 Å². The van der Waals surface area contributed by atoms with Crippen LogP contribution in [0.2, 0.25) is 0 Å². The average Bonchev–Trinajstić information content (AvgIpc) is 3.36. The molecule has 1 fully saturated rings. The van der Waals surface area contributed by atoms with E-state index in [9.17, 15) is 4.79 Å². The minimum atomic E-state index is -0.127. The molecule has 1 amide bonds. The number of piperazine rings is 1. The van der Waals surface area contributed by atoms with Crippen molar-refractivity contribution in [3.63, 3.8) is 0 Å². The molecule has 2 aromatic heterocycles. The lowest BCUT2D eigenvalue weighted by atomic mass is 10.1. The fourth-order valence-electron chi connectivity index (χ4n) is 4.02. The summed E-state index contributed by atoms with van der Waals surface area (Å²) in [6.07, 6.45) is 3.55. The molecule has 0 bridgehead atoms. The topological polar surface area (TPSA) is 73.4 Å². The van der Waals surface area contributed by atoms with Crippen molar-refractivity contribution in [2.24, 2.45) is 0 Å². The third-order valence-corrected chi connectivity index (χ3v) is 6.95. The predicted octanol–water partition coefficient (Wildman–Crippen LogP) is 5.26. The molecular formula is C27H28N6OS. The van der Waals surface area contributed by atoms with Crippen LogP contribution in [-0.2, 0) is 0 Å². The van der Waals surface area contributed by atoms with Crippen LogP contribution < -0.4 is 15.5 Å². The van der Waals surface area contributed by atoms with Crippen molar-refractivity contribution in [3.8, 4) is 11.3 Å². The minimum absolute atomic E-state index is 0.127. The highest BCUT2D eigenvalue weighted by molar-refractivity contribution is 7.14. The number of aryl methyl sites for hydroxylation is 1. The quantitative estimate of drug-likeness (QED) is 0.389. The summed E-state index contributed by atoms with van der Waals surface area (Å²) in [5.74, 6) is -0.127. The predicted molar refractivity (Wildman–Crippen MR) is 144 cm³/mol. The maximum absolute atomic E-state index is 12.9. The van der Waals surface area contributed by atoms with Crippen LogP contribution in [0.15, 0.2) is 72.4 Å². The number of likely N-dealkylation sites (N-methyl/N-ethyl adjacent to an activating group) is 1. The van der Waals surface area contributed by atoms with E-state index in [1.807, 2.05) is 66.9 Å². The van der Waals surface area contributed by atoms with Crippen molar-refractivity contribution in [3.05, 3.63) is 83.5 Å². The van der Waals surface area contributed by atoms with Crippen molar-refractivity contribution in [2.75, 3.05) is 48.8 Å². The van der Waals surface area contributed by atoms with Gasteiger partial charge in [0.05, 0.1) is 5.69 Å². The summed E-state index contributed by atoms with van der Waals surface area (Å²) in [5.41, 5.74) is 6.36. The third kappa shape index (κ3) is 5.50. The van der Waals surface area contributed by atoms with Crippen LogP contribution >= 0.6 is 11.3 Å². The average molecular weight is 485 g/mol. The van der Waals surface area contributed by atoms with Gasteiger partial charge in [0.1, 0.15) is 0 Å². The molecular weight excluding hydrogens is 456 g/mol. The highest BCUT2D eigenvalue weighted by Crippen LogP contribution is 2.29. The van der Waals surface area contributed by atoms with E-state index in [0.29, 0.717) is 5.56 Å². The van der Waals surface area contributed by atoms with Crippen LogP contribution in [0.4, 0.5) is 22.2 Å². The van der Waals surface area contributed by atoms with Gasteiger partial charge < -0.3 is 20.4 Å². The Morgan fingerprint density at radius 1 is 1.03 bits per heavy atom. The van der Waals surface area contributed by atoms with E-state index < -0.39 is 0 Å². The van der Waals surface area contributed by atoms with E-state index in [4.69, 9.17) is 0 Å². The number of aromatic nitrogens is 2. The molecule has 1 aliphatic heterocycles. The van der Waals surface area contributed by atoms with Crippen LogP contribution in [0.1, 0.15) is 15.9 Å². The second-order valence-corrected chi connectivity index (χ2v) is 9.58. The third-order valence-electron chi connectivity index (χ3n) is 6.20. The number of hydrogen-bond acceptors (Lipinski definition) is 7. The van der Waals surface area contributed by atoms with Gasteiger partial charge in [-0.25, -0.2) is 4.98 Å². The summed E-state index contributed by atoms with van der Waals surface area (Å²) >= 11 is 1.53. The monoisotopic (exact) mass is 484 g/mol. The zero-order valence-corrected chi connectivity index (χ0v) is 20.7. The molecule has 0 unspecified atom stereocenters. The number of nitrogens with one attached hydrogen (secondary N) is 2. The number of hydrogen-bond donors (Lipinski definition) is 2. The van der Waals surface area contributed by atoms with Gasteiger partial charge in [-0.15, -0.1) is 11.3 Å². The fraction of sp³-hybridized carbons (Fsp3) is 0.222. The molecule has 5 rings (SSSR count). The van der Waals surface area contributed by atoms with Gasteiger partial charge in [-0.3, -0.25) is 9.78 Å². The molecule has 178 valence electrons. The molecule has 4 aromatic rings. The Bertz CT molecular complexity index is 1300. The number of rotatable bonds is 6. The first kappa shape index (κ1) is 23.0. The number of carbonyl (C=O) groups excluding carboxylic acids is 1. The summed E-state index contributed by atoms with van der Waals surface area (Å²) in [7, 11) is 2.15. The molecule has 0 atom stereocenters. The van der Waals surface area contributed by atoms with Gasteiger partial charge in [0, 0.05) is 72.1 Å². The summed E-state index contributed by atoms with van der Waals surface area (Å²) in [5, 5.41) is 9.21. The van der Waals surface area contributed by atoms with Crippen molar-refractivity contribution >= 4 is 39.4 Å². The van der Waals surface area contributed by atoms with E-state index in [1.165, 1.54) is 11.3 Å². The Kier molecular flexibility index (Phi) is 6.74. The highest BCUT2D eigenvalue weighted by atomic mass is 32.1. The number of thiazole rings is 1. The number of amides is 1. The van der Waals surface area contributed by atoms with Crippen LogP contribution in [0, 0.1) is 6.92 Å². The van der Waals surface area contributed by atoms with Crippen LogP contribution in [-0.4, -0.2) is 54.0 Å². The standard InChI is InChI=1S/C27H28N6OS/c1-19-5-8-22(16-24(19)30-27-31-25(18-35-27)21-4-3-11-28-17-21)29-26(34)20-6-9-23(10-7-20)33-14-12-32(2)13-15-33/h3-11,16-18H,12-15H2,1-2H3,(H,29,34)(H,30,31). The van der Waals surface area contributed by atoms with Crippen LogP contribution in [0.25, 0.3) is 11.3 Å².